The highest BCUT2D eigenvalue weighted by atomic mass is 16.3. The first-order chi connectivity index (χ1) is 4.54. The average molecular weight is 138 g/mol. The Bertz CT molecular complexity index is 169. The van der Waals surface area contributed by atoms with Gasteiger partial charge in [-0.05, 0) is 12.5 Å². The van der Waals surface area contributed by atoms with Gasteiger partial charge in [-0.3, -0.25) is 0 Å². The third-order valence-electron chi connectivity index (χ3n) is 0.976. The van der Waals surface area contributed by atoms with E-state index < -0.39 is 6.10 Å². The minimum absolute atomic E-state index is 0.314. The van der Waals surface area contributed by atoms with Crippen molar-refractivity contribution < 1.29 is 5.11 Å². The molecule has 0 aliphatic rings. The van der Waals surface area contributed by atoms with Crippen LogP contribution in [0, 0.1) is 17.8 Å². The van der Waals surface area contributed by atoms with E-state index in [1.165, 1.54) is 0 Å². The lowest BCUT2D eigenvalue weighted by Gasteiger charge is -1.99. The number of aliphatic hydroxyl groups excluding tert-OH is 1. The Hall–Kier alpha value is -0.740. The summed E-state index contributed by atoms with van der Waals surface area (Å²) in [5, 5.41) is 9.10. The number of aliphatic hydroxyl groups is 1. The van der Waals surface area contributed by atoms with Crippen LogP contribution in [0.1, 0.15) is 20.8 Å². The molecule has 1 unspecified atom stereocenters. The molecule has 1 heteroatoms. The highest BCUT2D eigenvalue weighted by molar-refractivity contribution is 5.17. The Balaban J connectivity index is 3.92. The molecular weight excluding hydrogens is 124 g/mol. The molecule has 0 fully saturated rings. The van der Waals surface area contributed by atoms with Crippen LogP contribution in [-0.2, 0) is 0 Å². The lowest BCUT2D eigenvalue weighted by Crippen LogP contribution is -2.03. The van der Waals surface area contributed by atoms with Crippen LogP contribution < -0.4 is 0 Å². The molecule has 1 nitrogen and oxygen atoms in total. The Morgan fingerprint density at radius 3 is 2.20 bits per heavy atom. The van der Waals surface area contributed by atoms with Gasteiger partial charge in [-0.2, -0.15) is 0 Å². The van der Waals surface area contributed by atoms with Crippen LogP contribution in [0.2, 0.25) is 0 Å². The van der Waals surface area contributed by atoms with Crippen molar-refractivity contribution in [2.75, 3.05) is 0 Å². The van der Waals surface area contributed by atoms with Gasteiger partial charge in [-0.1, -0.05) is 32.3 Å². The summed E-state index contributed by atoms with van der Waals surface area (Å²) in [6.07, 6.45) is -0.651. The summed E-state index contributed by atoms with van der Waals surface area (Å²) in [5.41, 5.74) is 0.702. The van der Waals surface area contributed by atoms with Crippen molar-refractivity contribution in [1.29, 1.82) is 0 Å². The van der Waals surface area contributed by atoms with Gasteiger partial charge in [0, 0.05) is 5.92 Å². The van der Waals surface area contributed by atoms with Gasteiger partial charge in [0.15, 0.2) is 0 Å². The molecule has 0 spiro atoms. The minimum atomic E-state index is -0.651. The molecule has 0 aliphatic heterocycles. The van der Waals surface area contributed by atoms with Crippen LogP contribution in [0.15, 0.2) is 12.2 Å². The molecule has 0 saturated heterocycles. The molecule has 0 saturated carbocycles. The van der Waals surface area contributed by atoms with Gasteiger partial charge in [-0.15, -0.1) is 0 Å². The molecular formula is C9H14O. The van der Waals surface area contributed by atoms with Gasteiger partial charge in [0.2, 0.25) is 0 Å². The zero-order valence-corrected chi connectivity index (χ0v) is 6.81. The first kappa shape index (κ1) is 9.26. The van der Waals surface area contributed by atoms with Crippen molar-refractivity contribution in [3.63, 3.8) is 0 Å². The lowest BCUT2D eigenvalue weighted by atomic mass is 10.1. The summed E-state index contributed by atoms with van der Waals surface area (Å²) >= 11 is 0. The summed E-state index contributed by atoms with van der Waals surface area (Å²) in [7, 11) is 0. The van der Waals surface area contributed by atoms with Gasteiger partial charge in [-0.25, -0.2) is 0 Å². The molecule has 10 heavy (non-hydrogen) atoms. The summed E-state index contributed by atoms with van der Waals surface area (Å²) in [4.78, 5) is 0. The van der Waals surface area contributed by atoms with Crippen molar-refractivity contribution >= 4 is 0 Å². The number of hydrogen-bond donors (Lipinski definition) is 1. The summed E-state index contributed by atoms with van der Waals surface area (Å²) in [6, 6.07) is 0. The molecule has 0 rings (SSSR count). The van der Waals surface area contributed by atoms with E-state index in [4.69, 9.17) is 5.11 Å². The largest absolute Gasteiger partial charge is 0.376 e. The normalized spacial score (nSPS) is 12.1. The van der Waals surface area contributed by atoms with E-state index in [9.17, 15) is 0 Å². The van der Waals surface area contributed by atoms with Crippen LogP contribution in [0.5, 0.6) is 0 Å². The first-order valence-corrected chi connectivity index (χ1v) is 3.38. The van der Waals surface area contributed by atoms with Crippen molar-refractivity contribution in [2.45, 2.75) is 26.9 Å². The SMILES string of the molecule is C=C(C)C(O)C#CC(C)C. The van der Waals surface area contributed by atoms with Gasteiger partial charge in [0.25, 0.3) is 0 Å². The highest BCUT2D eigenvalue weighted by Crippen LogP contribution is 1.95. The standard InChI is InChI=1S/C9H14O/c1-7(2)5-6-9(10)8(3)4/h7,9-10H,3H2,1-2,4H3. The fraction of sp³-hybridized carbons (Fsp3) is 0.556. The smallest absolute Gasteiger partial charge is 0.135 e. The molecule has 0 aromatic heterocycles. The monoisotopic (exact) mass is 138 g/mol. The topological polar surface area (TPSA) is 20.2 Å². The number of hydrogen-bond acceptors (Lipinski definition) is 1. The molecule has 0 aromatic carbocycles. The van der Waals surface area contributed by atoms with Crippen molar-refractivity contribution in [2.24, 2.45) is 5.92 Å². The number of rotatable bonds is 1. The molecule has 0 amide bonds. The van der Waals surface area contributed by atoms with E-state index in [0.717, 1.165) is 0 Å². The van der Waals surface area contributed by atoms with Crippen LogP contribution >= 0.6 is 0 Å². The summed E-state index contributed by atoms with van der Waals surface area (Å²) in [5.74, 6) is 5.87. The van der Waals surface area contributed by atoms with Gasteiger partial charge in [0.05, 0.1) is 0 Å². The van der Waals surface area contributed by atoms with E-state index in [1.54, 1.807) is 6.92 Å². The quantitative estimate of drug-likeness (QED) is 0.431. The van der Waals surface area contributed by atoms with Crippen molar-refractivity contribution in [1.82, 2.24) is 0 Å². The van der Waals surface area contributed by atoms with Crippen LogP contribution in [0.4, 0.5) is 0 Å². The summed E-state index contributed by atoms with van der Waals surface area (Å²) in [6.45, 7) is 9.31. The second-order valence-corrected chi connectivity index (χ2v) is 2.69. The molecule has 0 aromatic rings. The van der Waals surface area contributed by atoms with Crippen molar-refractivity contribution in [3.05, 3.63) is 12.2 Å². The highest BCUT2D eigenvalue weighted by Gasteiger charge is 1.96. The maximum atomic E-state index is 9.10. The summed E-state index contributed by atoms with van der Waals surface area (Å²) < 4.78 is 0. The van der Waals surface area contributed by atoms with E-state index in [1.807, 2.05) is 13.8 Å². The van der Waals surface area contributed by atoms with Gasteiger partial charge in [0.1, 0.15) is 6.10 Å². The zero-order valence-electron chi connectivity index (χ0n) is 6.81. The van der Waals surface area contributed by atoms with Gasteiger partial charge >= 0.3 is 0 Å². The Morgan fingerprint density at radius 1 is 1.40 bits per heavy atom. The first-order valence-electron chi connectivity index (χ1n) is 3.38. The third-order valence-corrected chi connectivity index (χ3v) is 0.976. The minimum Gasteiger partial charge on any atom is -0.376 e. The Labute approximate surface area is 62.8 Å². The molecule has 1 atom stereocenters. The zero-order chi connectivity index (χ0) is 8.15. The molecule has 0 bridgehead atoms. The van der Waals surface area contributed by atoms with E-state index in [0.29, 0.717) is 11.5 Å². The Morgan fingerprint density at radius 2 is 1.90 bits per heavy atom. The van der Waals surface area contributed by atoms with E-state index in [2.05, 4.69) is 18.4 Å². The fourth-order valence-corrected chi connectivity index (χ4v) is 0.369. The maximum Gasteiger partial charge on any atom is 0.135 e. The maximum absolute atomic E-state index is 9.10. The van der Waals surface area contributed by atoms with Gasteiger partial charge < -0.3 is 5.11 Å². The van der Waals surface area contributed by atoms with E-state index >= 15 is 0 Å². The molecule has 0 aliphatic carbocycles. The van der Waals surface area contributed by atoms with Crippen molar-refractivity contribution in [3.8, 4) is 11.8 Å². The predicted octanol–water partition coefficient (Wildman–Crippen LogP) is 1.58. The van der Waals surface area contributed by atoms with Crippen LogP contribution in [0.25, 0.3) is 0 Å². The molecule has 56 valence electrons. The average Bonchev–Trinajstić information content (AvgIpc) is 1.82. The van der Waals surface area contributed by atoms with Crippen LogP contribution in [-0.4, -0.2) is 11.2 Å². The van der Waals surface area contributed by atoms with Crippen LogP contribution in [0.3, 0.4) is 0 Å². The second kappa shape index (κ2) is 4.14. The second-order valence-electron chi connectivity index (χ2n) is 2.69. The predicted molar refractivity (Wildman–Crippen MR) is 43.4 cm³/mol. The molecule has 1 N–H and O–H groups in total. The third kappa shape index (κ3) is 4.17. The lowest BCUT2D eigenvalue weighted by molar-refractivity contribution is 0.268. The Kier molecular flexibility index (Phi) is 3.83. The molecule has 0 radical (unpaired) electrons. The molecule has 0 heterocycles. The van der Waals surface area contributed by atoms with E-state index in [-0.39, 0.29) is 0 Å². The fourth-order valence-electron chi connectivity index (χ4n) is 0.369.